The Hall–Kier alpha value is -2.87. The van der Waals surface area contributed by atoms with Crippen molar-refractivity contribution in [2.24, 2.45) is 0 Å². The van der Waals surface area contributed by atoms with Crippen LogP contribution < -0.4 is 20.1 Å². The van der Waals surface area contributed by atoms with Gasteiger partial charge in [0.15, 0.2) is 11.5 Å². The van der Waals surface area contributed by atoms with Crippen molar-refractivity contribution in [1.29, 1.82) is 0 Å². The number of amides is 1. The number of benzene rings is 1. The third kappa shape index (κ3) is 6.60. The van der Waals surface area contributed by atoms with Gasteiger partial charge in [-0.05, 0) is 50.6 Å². The molecule has 8 nitrogen and oxygen atoms in total. The fourth-order valence-electron chi connectivity index (χ4n) is 3.24. The van der Waals surface area contributed by atoms with Gasteiger partial charge in [-0.25, -0.2) is 9.97 Å². The predicted octanol–water partition coefficient (Wildman–Crippen LogP) is 2.73. The number of carbonyl (C=O) groups excluding carboxylic acids is 1. The van der Waals surface area contributed by atoms with Crippen molar-refractivity contribution >= 4 is 17.5 Å². The second-order valence-electron chi connectivity index (χ2n) is 7.02. The maximum absolute atomic E-state index is 11.1. The number of rotatable bonds is 10. The number of methoxy groups -OCH3 is 1. The predicted molar refractivity (Wildman–Crippen MR) is 112 cm³/mol. The van der Waals surface area contributed by atoms with Gasteiger partial charge in [0.2, 0.25) is 11.9 Å². The Morgan fingerprint density at radius 1 is 1.21 bits per heavy atom. The summed E-state index contributed by atoms with van der Waals surface area (Å²) < 4.78 is 11.4. The zero-order valence-corrected chi connectivity index (χ0v) is 17.1. The lowest BCUT2D eigenvalue weighted by molar-refractivity contribution is -0.119. The van der Waals surface area contributed by atoms with Gasteiger partial charge in [-0.3, -0.25) is 4.79 Å². The second-order valence-corrected chi connectivity index (χ2v) is 7.02. The van der Waals surface area contributed by atoms with E-state index in [0.29, 0.717) is 30.6 Å². The number of aromatic nitrogens is 2. The molecular weight excluding hydrogens is 370 g/mol. The number of likely N-dealkylation sites (tertiary alicyclic amines) is 1. The number of anilines is 2. The van der Waals surface area contributed by atoms with Crippen molar-refractivity contribution in [2.75, 3.05) is 38.7 Å². The van der Waals surface area contributed by atoms with Gasteiger partial charge < -0.3 is 25.0 Å². The number of hydrogen-bond donors (Lipinski definition) is 2. The van der Waals surface area contributed by atoms with Crippen molar-refractivity contribution < 1.29 is 14.3 Å². The first-order valence-corrected chi connectivity index (χ1v) is 10.0. The highest BCUT2D eigenvalue weighted by Gasteiger charge is 2.11. The van der Waals surface area contributed by atoms with E-state index in [2.05, 4.69) is 25.5 Å². The first-order valence-electron chi connectivity index (χ1n) is 10.0. The molecule has 1 amide bonds. The molecule has 0 aliphatic carbocycles. The Balaban J connectivity index is 1.58. The molecule has 0 radical (unpaired) electrons. The standard InChI is InChI=1S/C21H29N5O3/c1-16(27)23-15-18-8-9-22-21(25-18)24-17-6-7-19(28-2)20(14-17)29-13-5-12-26-10-3-4-11-26/h6-9,14H,3-5,10-13,15H2,1-2H3,(H,23,27)(H,22,24,25). The third-order valence-corrected chi connectivity index (χ3v) is 4.73. The van der Waals surface area contributed by atoms with E-state index in [-0.39, 0.29) is 5.91 Å². The van der Waals surface area contributed by atoms with Gasteiger partial charge in [-0.2, -0.15) is 0 Å². The van der Waals surface area contributed by atoms with Crippen molar-refractivity contribution in [3.63, 3.8) is 0 Å². The van der Waals surface area contributed by atoms with Crippen LogP contribution >= 0.6 is 0 Å². The van der Waals surface area contributed by atoms with Crippen LogP contribution in [-0.2, 0) is 11.3 Å². The Labute approximate surface area is 171 Å². The van der Waals surface area contributed by atoms with Crippen LogP contribution in [-0.4, -0.2) is 54.1 Å². The van der Waals surface area contributed by atoms with E-state index >= 15 is 0 Å². The number of ether oxygens (including phenoxy) is 2. The molecule has 0 spiro atoms. The summed E-state index contributed by atoms with van der Waals surface area (Å²) in [7, 11) is 1.63. The zero-order chi connectivity index (χ0) is 20.5. The van der Waals surface area contributed by atoms with Crippen molar-refractivity contribution in [3.8, 4) is 11.5 Å². The molecule has 1 saturated heterocycles. The van der Waals surface area contributed by atoms with E-state index < -0.39 is 0 Å². The van der Waals surface area contributed by atoms with Gasteiger partial charge in [0.1, 0.15) is 0 Å². The maximum Gasteiger partial charge on any atom is 0.227 e. The molecule has 1 aliphatic rings. The van der Waals surface area contributed by atoms with E-state index in [0.717, 1.165) is 24.3 Å². The molecule has 1 fully saturated rings. The Bertz CT molecular complexity index is 809. The van der Waals surface area contributed by atoms with Crippen LogP contribution in [0.2, 0.25) is 0 Å². The highest BCUT2D eigenvalue weighted by Crippen LogP contribution is 2.31. The van der Waals surface area contributed by atoms with Crippen LogP contribution in [0.1, 0.15) is 31.9 Å². The summed E-state index contributed by atoms with van der Waals surface area (Å²) in [6.07, 6.45) is 5.24. The van der Waals surface area contributed by atoms with E-state index in [1.807, 2.05) is 18.2 Å². The molecule has 0 saturated carbocycles. The lowest BCUT2D eigenvalue weighted by atomic mass is 10.2. The maximum atomic E-state index is 11.1. The molecule has 1 aromatic carbocycles. The summed E-state index contributed by atoms with van der Waals surface area (Å²) in [5.74, 6) is 1.74. The van der Waals surface area contributed by atoms with E-state index in [4.69, 9.17) is 9.47 Å². The van der Waals surface area contributed by atoms with Crippen LogP contribution in [0.3, 0.4) is 0 Å². The van der Waals surface area contributed by atoms with Crippen LogP contribution in [0, 0.1) is 0 Å². The minimum absolute atomic E-state index is 0.0974. The molecule has 1 aromatic heterocycles. The SMILES string of the molecule is COc1ccc(Nc2nccc(CNC(C)=O)n2)cc1OCCCN1CCCC1. The molecule has 8 heteroatoms. The molecule has 29 heavy (non-hydrogen) atoms. The molecule has 2 heterocycles. The van der Waals surface area contributed by atoms with Crippen LogP contribution in [0.15, 0.2) is 30.5 Å². The summed E-state index contributed by atoms with van der Waals surface area (Å²) in [5.41, 5.74) is 1.53. The lowest BCUT2D eigenvalue weighted by Crippen LogP contribution is -2.21. The quantitative estimate of drug-likeness (QED) is 0.594. The summed E-state index contributed by atoms with van der Waals surface area (Å²) in [6, 6.07) is 7.40. The van der Waals surface area contributed by atoms with E-state index in [1.54, 1.807) is 19.4 Å². The fraction of sp³-hybridized carbons (Fsp3) is 0.476. The van der Waals surface area contributed by atoms with Crippen LogP contribution in [0.4, 0.5) is 11.6 Å². The van der Waals surface area contributed by atoms with E-state index in [9.17, 15) is 4.79 Å². The Kier molecular flexibility index (Phi) is 7.63. The molecule has 2 N–H and O–H groups in total. The van der Waals surface area contributed by atoms with Crippen molar-refractivity contribution in [1.82, 2.24) is 20.2 Å². The van der Waals surface area contributed by atoms with Gasteiger partial charge >= 0.3 is 0 Å². The number of nitrogens with one attached hydrogen (secondary N) is 2. The molecule has 3 rings (SSSR count). The molecule has 0 bridgehead atoms. The number of hydrogen-bond acceptors (Lipinski definition) is 7. The molecule has 0 atom stereocenters. The average Bonchev–Trinajstić information content (AvgIpc) is 3.24. The molecule has 1 aliphatic heterocycles. The van der Waals surface area contributed by atoms with Gasteiger partial charge in [-0.15, -0.1) is 0 Å². The summed E-state index contributed by atoms with van der Waals surface area (Å²) in [6.45, 7) is 5.94. The third-order valence-electron chi connectivity index (χ3n) is 4.73. The first-order chi connectivity index (χ1) is 14.1. The van der Waals surface area contributed by atoms with Crippen molar-refractivity contribution in [2.45, 2.75) is 32.7 Å². The van der Waals surface area contributed by atoms with Gasteiger partial charge in [0.25, 0.3) is 0 Å². The number of carbonyl (C=O) groups is 1. The van der Waals surface area contributed by atoms with E-state index in [1.165, 1.54) is 32.9 Å². The monoisotopic (exact) mass is 399 g/mol. The van der Waals surface area contributed by atoms with Crippen LogP contribution in [0.25, 0.3) is 0 Å². The molecule has 156 valence electrons. The Morgan fingerprint density at radius 2 is 2.03 bits per heavy atom. The summed E-state index contributed by atoms with van der Waals surface area (Å²) in [5, 5.41) is 5.91. The molecule has 2 aromatic rings. The summed E-state index contributed by atoms with van der Waals surface area (Å²) >= 11 is 0. The summed E-state index contributed by atoms with van der Waals surface area (Å²) in [4.78, 5) is 22.2. The minimum atomic E-state index is -0.0974. The van der Waals surface area contributed by atoms with Gasteiger partial charge in [0.05, 0.1) is 26.0 Å². The normalized spacial score (nSPS) is 13.9. The lowest BCUT2D eigenvalue weighted by Gasteiger charge is -2.16. The van der Waals surface area contributed by atoms with Gasteiger partial charge in [-0.1, -0.05) is 0 Å². The van der Waals surface area contributed by atoms with Crippen LogP contribution in [0.5, 0.6) is 11.5 Å². The first kappa shape index (κ1) is 20.9. The Morgan fingerprint density at radius 3 is 2.79 bits per heavy atom. The fourth-order valence-corrected chi connectivity index (χ4v) is 3.24. The van der Waals surface area contributed by atoms with Gasteiger partial charge in [0, 0.05) is 31.4 Å². The average molecular weight is 399 g/mol. The van der Waals surface area contributed by atoms with Crippen molar-refractivity contribution in [3.05, 3.63) is 36.2 Å². The highest BCUT2D eigenvalue weighted by molar-refractivity contribution is 5.72. The minimum Gasteiger partial charge on any atom is -0.493 e. The molecular formula is C21H29N5O3. The highest BCUT2D eigenvalue weighted by atomic mass is 16.5. The largest absolute Gasteiger partial charge is 0.493 e. The molecule has 0 unspecified atom stereocenters. The second kappa shape index (κ2) is 10.6. The smallest absolute Gasteiger partial charge is 0.227 e. The number of nitrogens with zero attached hydrogens (tertiary/aromatic N) is 3. The topological polar surface area (TPSA) is 88.6 Å². The zero-order valence-electron chi connectivity index (χ0n) is 17.1.